The number of hydrogen-bond acceptors (Lipinski definition) is 3. The topological polar surface area (TPSA) is 71.2 Å². The molecule has 0 bridgehead atoms. The predicted molar refractivity (Wildman–Crippen MR) is 96.9 cm³/mol. The van der Waals surface area contributed by atoms with Gasteiger partial charge in [-0.3, -0.25) is 9.59 Å². The van der Waals surface area contributed by atoms with Crippen LogP contribution in [0, 0.1) is 6.92 Å². The van der Waals surface area contributed by atoms with Gasteiger partial charge in [0.25, 0.3) is 5.91 Å². The van der Waals surface area contributed by atoms with Crippen LogP contribution in [0.3, 0.4) is 0 Å². The van der Waals surface area contributed by atoms with E-state index in [1.54, 1.807) is 0 Å². The largest absolute Gasteiger partial charge is 0.373 e. The maximum atomic E-state index is 12.8. The quantitative estimate of drug-likeness (QED) is 0.883. The second kappa shape index (κ2) is 6.30. The van der Waals surface area contributed by atoms with Gasteiger partial charge < -0.3 is 15.0 Å². The Bertz CT molecular complexity index is 865. The molecule has 2 N–H and O–H groups in total. The fourth-order valence-corrected chi connectivity index (χ4v) is 4.30. The van der Waals surface area contributed by atoms with Crippen LogP contribution in [0.15, 0.2) is 29.1 Å². The summed E-state index contributed by atoms with van der Waals surface area (Å²) in [5.74, 6) is -0.192. The molecule has 25 heavy (non-hydrogen) atoms. The van der Waals surface area contributed by atoms with Crippen molar-refractivity contribution in [3.8, 4) is 0 Å². The van der Waals surface area contributed by atoms with Crippen LogP contribution in [-0.2, 0) is 4.74 Å². The molecule has 1 unspecified atom stereocenters. The number of pyridine rings is 1. The zero-order valence-corrected chi connectivity index (χ0v) is 14.6. The van der Waals surface area contributed by atoms with Crippen LogP contribution < -0.4 is 10.9 Å². The average molecular weight is 340 g/mol. The average Bonchev–Trinajstić information content (AvgIpc) is 2.97. The minimum Gasteiger partial charge on any atom is -0.373 e. The zero-order chi connectivity index (χ0) is 17.4. The van der Waals surface area contributed by atoms with Crippen LogP contribution in [0.25, 0.3) is 10.9 Å². The summed E-state index contributed by atoms with van der Waals surface area (Å²) in [4.78, 5) is 27.5. The van der Waals surface area contributed by atoms with Gasteiger partial charge in [0.05, 0.1) is 23.8 Å². The zero-order valence-electron chi connectivity index (χ0n) is 14.6. The van der Waals surface area contributed by atoms with Crippen molar-refractivity contribution >= 4 is 16.8 Å². The lowest BCUT2D eigenvalue weighted by Gasteiger charge is -2.32. The summed E-state index contributed by atoms with van der Waals surface area (Å²) in [5, 5.41) is 3.87. The van der Waals surface area contributed by atoms with Crippen LogP contribution >= 0.6 is 0 Å². The maximum Gasteiger partial charge on any atom is 0.252 e. The van der Waals surface area contributed by atoms with Gasteiger partial charge in [-0.25, -0.2) is 0 Å². The van der Waals surface area contributed by atoms with E-state index in [1.165, 1.54) is 25.3 Å². The normalized spacial score (nSPS) is 22.4. The molecule has 2 aromatic rings. The Morgan fingerprint density at radius 1 is 1.24 bits per heavy atom. The van der Waals surface area contributed by atoms with Gasteiger partial charge in [-0.05, 0) is 38.3 Å². The molecule has 1 amide bonds. The molecule has 2 heterocycles. The van der Waals surface area contributed by atoms with E-state index in [0.29, 0.717) is 17.7 Å². The summed E-state index contributed by atoms with van der Waals surface area (Å²) < 4.78 is 6.08. The number of carbonyl (C=O) groups excluding carboxylic acids is 1. The first kappa shape index (κ1) is 16.3. The molecule has 4 rings (SSSR count). The number of nitrogens with one attached hydrogen (secondary N) is 2. The number of carbonyl (C=O) groups is 1. The van der Waals surface area contributed by atoms with Gasteiger partial charge in [0, 0.05) is 17.0 Å². The Balaban J connectivity index is 1.57. The second-order valence-electron chi connectivity index (χ2n) is 7.53. The molecule has 132 valence electrons. The molecule has 2 aliphatic rings. The maximum absolute atomic E-state index is 12.8. The van der Waals surface area contributed by atoms with E-state index >= 15 is 0 Å². The summed E-state index contributed by atoms with van der Waals surface area (Å²) >= 11 is 0. The third-order valence-electron chi connectivity index (χ3n) is 5.55. The van der Waals surface area contributed by atoms with Crippen LogP contribution in [-0.4, -0.2) is 29.1 Å². The first-order valence-electron chi connectivity index (χ1n) is 9.13. The molecule has 1 aromatic carbocycles. The lowest BCUT2D eigenvalue weighted by atomic mass is 9.82. The molecule has 1 aromatic heterocycles. The summed E-state index contributed by atoms with van der Waals surface area (Å²) in [6, 6.07) is 7.12. The van der Waals surface area contributed by atoms with Crippen molar-refractivity contribution in [2.45, 2.75) is 57.1 Å². The molecule has 1 spiro atoms. The Labute approximate surface area is 146 Å². The number of H-pyrrole nitrogens is 1. The molecule has 1 saturated carbocycles. The number of aryl methyl sites for hydroxylation is 1. The van der Waals surface area contributed by atoms with Crippen LogP contribution in [0.4, 0.5) is 0 Å². The number of benzene rings is 1. The minimum absolute atomic E-state index is 0.0183. The van der Waals surface area contributed by atoms with Crippen LogP contribution in [0.5, 0.6) is 0 Å². The number of ether oxygens (including phenoxy) is 1. The van der Waals surface area contributed by atoms with Crippen molar-refractivity contribution in [3.63, 3.8) is 0 Å². The SMILES string of the molecule is Cc1ccc2[nH]c(=O)cc(C(=O)NC3COC4(CCCCC4)C3)c2c1. The molecular formula is C20H24N2O3. The van der Waals surface area contributed by atoms with E-state index in [1.807, 2.05) is 25.1 Å². The van der Waals surface area contributed by atoms with E-state index in [4.69, 9.17) is 4.74 Å². The monoisotopic (exact) mass is 340 g/mol. The van der Waals surface area contributed by atoms with Gasteiger partial charge in [-0.15, -0.1) is 0 Å². The van der Waals surface area contributed by atoms with Gasteiger partial charge >= 0.3 is 0 Å². The molecule has 0 radical (unpaired) electrons. The molecular weight excluding hydrogens is 316 g/mol. The van der Waals surface area contributed by atoms with Crippen LogP contribution in [0.2, 0.25) is 0 Å². The second-order valence-corrected chi connectivity index (χ2v) is 7.53. The third kappa shape index (κ3) is 3.21. The van der Waals surface area contributed by atoms with Crippen LogP contribution in [0.1, 0.15) is 54.4 Å². The van der Waals surface area contributed by atoms with E-state index < -0.39 is 0 Å². The Morgan fingerprint density at radius 2 is 2.04 bits per heavy atom. The van der Waals surface area contributed by atoms with Crippen molar-refractivity contribution in [2.24, 2.45) is 0 Å². The molecule has 1 aliphatic carbocycles. The van der Waals surface area contributed by atoms with Crippen molar-refractivity contribution in [3.05, 3.63) is 45.7 Å². The number of fused-ring (bicyclic) bond motifs is 1. The van der Waals surface area contributed by atoms with E-state index in [2.05, 4.69) is 10.3 Å². The highest BCUT2D eigenvalue weighted by Gasteiger charge is 2.41. The Hall–Kier alpha value is -2.14. The lowest BCUT2D eigenvalue weighted by molar-refractivity contribution is -0.0246. The summed E-state index contributed by atoms with van der Waals surface area (Å²) in [5.41, 5.74) is 1.89. The van der Waals surface area contributed by atoms with Gasteiger partial charge in [0.15, 0.2) is 0 Å². The fourth-order valence-electron chi connectivity index (χ4n) is 4.30. The van der Waals surface area contributed by atoms with E-state index in [9.17, 15) is 9.59 Å². The van der Waals surface area contributed by atoms with Crippen molar-refractivity contribution < 1.29 is 9.53 Å². The first-order valence-corrected chi connectivity index (χ1v) is 9.13. The number of hydrogen-bond donors (Lipinski definition) is 2. The van der Waals surface area contributed by atoms with Crippen molar-refractivity contribution in [1.82, 2.24) is 10.3 Å². The molecule has 5 nitrogen and oxygen atoms in total. The van der Waals surface area contributed by atoms with E-state index in [0.717, 1.165) is 30.2 Å². The lowest BCUT2D eigenvalue weighted by Crippen LogP contribution is -2.37. The molecule has 2 fully saturated rings. The highest BCUT2D eigenvalue weighted by atomic mass is 16.5. The predicted octanol–water partition coefficient (Wildman–Crippen LogP) is 3.06. The standard InChI is InChI=1S/C20H24N2O3/c1-13-5-6-17-15(9-13)16(10-18(23)22-17)19(24)21-14-11-20(25-12-14)7-3-2-4-8-20/h5-6,9-10,14H,2-4,7-8,11-12H2,1H3,(H,21,24)(H,22,23). The first-order chi connectivity index (χ1) is 12.0. The fraction of sp³-hybridized carbons (Fsp3) is 0.500. The molecule has 1 atom stereocenters. The smallest absolute Gasteiger partial charge is 0.252 e. The third-order valence-corrected chi connectivity index (χ3v) is 5.55. The van der Waals surface area contributed by atoms with Gasteiger partial charge in [-0.2, -0.15) is 0 Å². The molecule has 5 heteroatoms. The van der Waals surface area contributed by atoms with Gasteiger partial charge in [0.1, 0.15) is 0 Å². The highest BCUT2D eigenvalue weighted by Crippen LogP contribution is 2.39. The Morgan fingerprint density at radius 3 is 2.84 bits per heavy atom. The summed E-state index contributed by atoms with van der Waals surface area (Å²) in [6.45, 7) is 2.54. The number of aromatic amines is 1. The number of rotatable bonds is 2. The minimum atomic E-state index is -0.257. The molecule has 1 aliphatic heterocycles. The van der Waals surface area contributed by atoms with Gasteiger partial charge in [-0.1, -0.05) is 30.9 Å². The van der Waals surface area contributed by atoms with E-state index in [-0.39, 0.29) is 23.1 Å². The van der Waals surface area contributed by atoms with Gasteiger partial charge in [0.2, 0.25) is 5.56 Å². The number of amides is 1. The molecule has 1 saturated heterocycles. The Kier molecular flexibility index (Phi) is 4.12. The highest BCUT2D eigenvalue weighted by molar-refractivity contribution is 6.06. The summed E-state index contributed by atoms with van der Waals surface area (Å²) in [7, 11) is 0. The van der Waals surface area contributed by atoms with Crippen molar-refractivity contribution in [2.75, 3.05) is 6.61 Å². The number of aromatic nitrogens is 1. The summed E-state index contributed by atoms with van der Waals surface area (Å²) in [6.07, 6.45) is 6.75. The van der Waals surface area contributed by atoms with Crippen molar-refractivity contribution in [1.29, 1.82) is 0 Å².